The highest BCUT2D eigenvalue weighted by Crippen LogP contribution is 2.14. The van der Waals surface area contributed by atoms with Crippen molar-refractivity contribution in [2.45, 2.75) is 58.5 Å². The lowest BCUT2D eigenvalue weighted by Gasteiger charge is -2.38. The van der Waals surface area contributed by atoms with Crippen molar-refractivity contribution in [1.82, 2.24) is 15.3 Å². The Kier molecular flexibility index (Phi) is 13.0. The summed E-state index contributed by atoms with van der Waals surface area (Å²) in [6.45, 7) is 7.37. The molecule has 1 amide bonds. The van der Waals surface area contributed by atoms with E-state index in [2.05, 4.69) is 5.32 Å². The standard InChI is InChI=1S/C25H39N3O5S/c1-4-6-16-33-23(29)19-28(27-14-17-34-18-15-27)24(30)20(3)26-22(25(31)32-5-2)13-12-21-10-8-7-9-11-21/h7-11,20,22,26H,4-6,12-19H2,1-3H3/t20-,22-/m0/s1. The predicted molar refractivity (Wildman–Crippen MR) is 134 cm³/mol. The molecule has 1 fully saturated rings. The average molecular weight is 494 g/mol. The molecular weight excluding hydrogens is 454 g/mol. The molecule has 0 spiro atoms. The summed E-state index contributed by atoms with van der Waals surface area (Å²) in [7, 11) is 0. The Hall–Kier alpha value is -2.10. The van der Waals surface area contributed by atoms with Crippen LogP contribution in [0.4, 0.5) is 0 Å². The monoisotopic (exact) mass is 493 g/mol. The number of hydrazine groups is 1. The van der Waals surface area contributed by atoms with Crippen molar-refractivity contribution in [1.29, 1.82) is 0 Å². The van der Waals surface area contributed by atoms with Gasteiger partial charge in [0.05, 0.1) is 19.3 Å². The van der Waals surface area contributed by atoms with Gasteiger partial charge in [-0.05, 0) is 38.7 Å². The number of esters is 2. The van der Waals surface area contributed by atoms with Gasteiger partial charge in [-0.1, -0.05) is 43.7 Å². The molecule has 0 radical (unpaired) electrons. The number of nitrogens with zero attached hydrogens (tertiary/aromatic N) is 2. The molecule has 0 aromatic heterocycles. The number of rotatable bonds is 14. The molecule has 2 rings (SSSR count). The van der Waals surface area contributed by atoms with Crippen molar-refractivity contribution >= 4 is 29.6 Å². The molecule has 0 aliphatic carbocycles. The summed E-state index contributed by atoms with van der Waals surface area (Å²) in [6.07, 6.45) is 2.90. The predicted octanol–water partition coefficient (Wildman–Crippen LogP) is 2.66. The van der Waals surface area contributed by atoms with Crippen LogP contribution in [0.2, 0.25) is 0 Å². The van der Waals surface area contributed by atoms with E-state index in [1.54, 1.807) is 13.8 Å². The van der Waals surface area contributed by atoms with Crippen molar-refractivity contribution in [3.63, 3.8) is 0 Å². The van der Waals surface area contributed by atoms with Crippen LogP contribution in [-0.2, 0) is 30.3 Å². The van der Waals surface area contributed by atoms with E-state index in [1.807, 2.05) is 54.0 Å². The van der Waals surface area contributed by atoms with Crippen molar-refractivity contribution in [2.75, 3.05) is 44.4 Å². The van der Waals surface area contributed by atoms with Gasteiger partial charge in [-0.2, -0.15) is 11.8 Å². The lowest BCUT2D eigenvalue weighted by atomic mass is 10.0. The fourth-order valence-electron chi connectivity index (χ4n) is 3.68. The molecule has 8 nitrogen and oxygen atoms in total. The number of ether oxygens (including phenoxy) is 2. The Bertz CT molecular complexity index is 758. The molecule has 1 aliphatic rings. The highest BCUT2D eigenvalue weighted by Gasteiger charge is 2.32. The van der Waals surface area contributed by atoms with Crippen LogP contribution in [-0.4, -0.2) is 84.3 Å². The van der Waals surface area contributed by atoms with Gasteiger partial charge in [-0.25, -0.2) is 5.01 Å². The smallest absolute Gasteiger partial charge is 0.327 e. The lowest BCUT2D eigenvalue weighted by molar-refractivity contribution is -0.163. The third-order valence-corrected chi connectivity index (χ3v) is 6.52. The molecule has 1 aliphatic heterocycles. The van der Waals surface area contributed by atoms with Crippen LogP contribution < -0.4 is 5.32 Å². The summed E-state index contributed by atoms with van der Waals surface area (Å²) in [5.41, 5.74) is 1.11. The number of carbonyl (C=O) groups excluding carboxylic acids is 3. The zero-order valence-corrected chi connectivity index (χ0v) is 21.5. The first-order valence-corrected chi connectivity index (χ1v) is 13.4. The van der Waals surface area contributed by atoms with E-state index in [4.69, 9.17) is 9.47 Å². The SMILES string of the molecule is CCCCOC(=O)CN(C(=O)[C@H](C)N[C@@H](CCc1ccccc1)C(=O)OCC)N1CCSCC1. The zero-order chi connectivity index (χ0) is 24.8. The van der Waals surface area contributed by atoms with Crippen LogP contribution in [0.15, 0.2) is 30.3 Å². The van der Waals surface area contributed by atoms with Crippen molar-refractivity contribution in [3.05, 3.63) is 35.9 Å². The summed E-state index contributed by atoms with van der Waals surface area (Å²) < 4.78 is 10.6. The largest absolute Gasteiger partial charge is 0.465 e. The summed E-state index contributed by atoms with van der Waals surface area (Å²) in [4.78, 5) is 38.5. The number of nitrogens with one attached hydrogen (secondary N) is 1. The Morgan fingerprint density at radius 3 is 2.47 bits per heavy atom. The number of carbonyl (C=O) groups is 3. The number of hydrogen-bond donors (Lipinski definition) is 1. The average Bonchev–Trinajstić information content (AvgIpc) is 2.86. The summed E-state index contributed by atoms with van der Waals surface area (Å²) >= 11 is 1.82. The van der Waals surface area contributed by atoms with Crippen LogP contribution in [0.25, 0.3) is 0 Å². The number of amides is 1. The Morgan fingerprint density at radius 2 is 1.82 bits per heavy atom. The van der Waals surface area contributed by atoms with Crippen molar-refractivity contribution in [2.24, 2.45) is 0 Å². The van der Waals surface area contributed by atoms with Crippen molar-refractivity contribution in [3.8, 4) is 0 Å². The van der Waals surface area contributed by atoms with Gasteiger partial charge < -0.3 is 9.47 Å². The molecule has 1 heterocycles. The molecule has 1 aromatic rings. The van der Waals surface area contributed by atoms with Gasteiger partial charge in [0, 0.05) is 24.6 Å². The number of benzene rings is 1. The van der Waals surface area contributed by atoms with Gasteiger partial charge in [-0.15, -0.1) is 0 Å². The molecule has 0 bridgehead atoms. The molecule has 9 heteroatoms. The van der Waals surface area contributed by atoms with E-state index in [9.17, 15) is 14.4 Å². The van der Waals surface area contributed by atoms with E-state index >= 15 is 0 Å². The van der Waals surface area contributed by atoms with Crippen LogP contribution in [0.5, 0.6) is 0 Å². The third kappa shape index (κ3) is 9.64. The van der Waals surface area contributed by atoms with Gasteiger partial charge in [0.25, 0.3) is 5.91 Å². The first kappa shape index (κ1) is 28.1. The van der Waals surface area contributed by atoms with Crippen molar-refractivity contribution < 1.29 is 23.9 Å². The summed E-state index contributed by atoms with van der Waals surface area (Å²) in [6, 6.07) is 8.59. The van der Waals surface area contributed by atoms with Crippen LogP contribution >= 0.6 is 11.8 Å². The molecule has 1 saturated heterocycles. The van der Waals surface area contributed by atoms with Gasteiger partial charge in [0.15, 0.2) is 0 Å². The topological polar surface area (TPSA) is 88.2 Å². The Labute approximate surface area is 207 Å². The van der Waals surface area contributed by atoms with Crippen LogP contribution in [0.1, 0.15) is 45.6 Å². The van der Waals surface area contributed by atoms with Gasteiger partial charge >= 0.3 is 11.9 Å². The minimum atomic E-state index is -0.678. The third-order valence-electron chi connectivity index (χ3n) is 5.58. The fraction of sp³-hybridized carbons (Fsp3) is 0.640. The fourth-order valence-corrected chi connectivity index (χ4v) is 4.56. The molecule has 0 unspecified atom stereocenters. The van der Waals surface area contributed by atoms with Gasteiger partial charge in [-0.3, -0.25) is 24.7 Å². The molecule has 2 atom stereocenters. The molecule has 0 saturated carbocycles. The van der Waals surface area contributed by atoms with Gasteiger partial charge in [0.1, 0.15) is 12.6 Å². The van der Waals surface area contributed by atoms with E-state index in [0.717, 1.165) is 29.9 Å². The number of hydrogen-bond acceptors (Lipinski definition) is 8. The normalized spacial score (nSPS) is 15.9. The summed E-state index contributed by atoms with van der Waals surface area (Å²) in [5, 5.41) is 6.58. The highest BCUT2D eigenvalue weighted by atomic mass is 32.2. The Balaban J connectivity index is 2.07. The maximum atomic E-state index is 13.5. The zero-order valence-electron chi connectivity index (χ0n) is 20.7. The second-order valence-corrected chi connectivity index (χ2v) is 9.48. The van der Waals surface area contributed by atoms with Crippen LogP contribution in [0, 0.1) is 0 Å². The van der Waals surface area contributed by atoms with Crippen LogP contribution in [0.3, 0.4) is 0 Å². The molecule has 34 heavy (non-hydrogen) atoms. The maximum absolute atomic E-state index is 13.5. The quantitative estimate of drug-likeness (QED) is 0.313. The summed E-state index contributed by atoms with van der Waals surface area (Å²) in [5.74, 6) is 0.724. The lowest BCUT2D eigenvalue weighted by Crippen LogP contribution is -2.58. The Morgan fingerprint density at radius 1 is 1.12 bits per heavy atom. The first-order valence-electron chi connectivity index (χ1n) is 12.2. The molecule has 190 valence electrons. The van der Waals surface area contributed by atoms with E-state index in [-0.39, 0.29) is 25.0 Å². The highest BCUT2D eigenvalue weighted by molar-refractivity contribution is 7.99. The molecule has 1 aromatic carbocycles. The number of unbranched alkanes of at least 4 members (excludes halogenated alkanes) is 1. The second kappa shape index (κ2) is 15.7. The minimum Gasteiger partial charge on any atom is -0.465 e. The number of thioether (sulfide) groups is 1. The minimum absolute atomic E-state index is 0.132. The van der Waals surface area contributed by atoms with E-state index in [0.29, 0.717) is 32.5 Å². The van der Waals surface area contributed by atoms with Gasteiger partial charge in [0.2, 0.25) is 0 Å². The molecular formula is C25H39N3O5S. The number of aryl methyl sites for hydroxylation is 1. The second-order valence-electron chi connectivity index (χ2n) is 8.25. The van der Waals surface area contributed by atoms with E-state index in [1.165, 1.54) is 5.01 Å². The first-order chi connectivity index (χ1) is 16.5. The maximum Gasteiger partial charge on any atom is 0.327 e. The molecule has 1 N–H and O–H groups in total. The van der Waals surface area contributed by atoms with E-state index < -0.39 is 18.1 Å².